The van der Waals surface area contributed by atoms with Crippen LogP contribution in [0.4, 0.5) is 4.79 Å². The second-order valence-electron chi connectivity index (χ2n) is 7.18. The number of thiol groups is 1. The van der Waals surface area contributed by atoms with E-state index in [0.717, 1.165) is 0 Å². The zero-order valence-electron chi connectivity index (χ0n) is 15.4. The third kappa shape index (κ3) is 3.69. The molecule has 1 aliphatic heterocycles. The minimum absolute atomic E-state index is 0.0901. The summed E-state index contributed by atoms with van der Waals surface area (Å²) in [5.74, 6) is -2.04. The average Bonchev–Trinajstić information content (AvgIpc) is 2.48. The average molecular weight is 391 g/mol. The summed E-state index contributed by atoms with van der Waals surface area (Å²) in [7, 11) is -2.42. The number of β-lactam (4-membered cyclic amide) rings is 1. The largest absolute Gasteiger partial charge is 0.525 e. The van der Waals surface area contributed by atoms with Gasteiger partial charge in [-0.1, -0.05) is 32.3 Å². The number of nitrogens with zero attached hydrogens (tertiary/aromatic N) is 1. The van der Waals surface area contributed by atoms with Gasteiger partial charge in [0.1, 0.15) is 14.7 Å². The Morgan fingerprint density at radius 2 is 1.96 bits per heavy atom. The fraction of sp³-hybridized carbons (Fsp3) is 0.688. The lowest BCUT2D eigenvalue weighted by molar-refractivity contribution is -0.836. The Morgan fingerprint density at radius 1 is 1.40 bits per heavy atom. The summed E-state index contributed by atoms with van der Waals surface area (Å²) in [6, 6.07) is 0. The van der Waals surface area contributed by atoms with Crippen LogP contribution in [0.2, 0.25) is 19.6 Å². The second kappa shape index (κ2) is 8.03. The number of aliphatic hydroxyl groups excluding tert-OH is 1. The number of ether oxygens (including phenoxy) is 2. The first-order valence-electron chi connectivity index (χ1n) is 8.21. The molecule has 9 heteroatoms. The maximum absolute atomic E-state index is 13.0. The first kappa shape index (κ1) is 21.9. The molecule has 1 saturated heterocycles. The van der Waals surface area contributed by atoms with Crippen LogP contribution in [-0.2, 0) is 19.1 Å². The second-order valence-corrected chi connectivity index (χ2v) is 13.0. The molecule has 1 aliphatic rings. The first-order chi connectivity index (χ1) is 11.5. The van der Waals surface area contributed by atoms with E-state index in [9.17, 15) is 19.5 Å². The van der Waals surface area contributed by atoms with Gasteiger partial charge in [0.15, 0.2) is 17.0 Å². The smallest absolute Gasteiger partial charge is 0.462 e. The van der Waals surface area contributed by atoms with Crippen LogP contribution < -0.4 is 0 Å². The number of imide groups is 1. The van der Waals surface area contributed by atoms with Crippen molar-refractivity contribution >= 4 is 38.7 Å². The number of carbonyl (C=O) groups excluding carboxylic acids is 3. The highest BCUT2D eigenvalue weighted by atomic mass is 32.1. The minimum atomic E-state index is -2.42. The van der Waals surface area contributed by atoms with E-state index in [2.05, 4.69) is 19.2 Å². The van der Waals surface area contributed by atoms with Crippen molar-refractivity contribution in [1.82, 2.24) is 0 Å². The van der Waals surface area contributed by atoms with Crippen LogP contribution in [0.25, 0.3) is 0 Å². The molecule has 0 aromatic carbocycles. The fourth-order valence-electron chi connectivity index (χ4n) is 3.30. The van der Waals surface area contributed by atoms with Gasteiger partial charge in [0.05, 0.1) is 12.7 Å². The van der Waals surface area contributed by atoms with Crippen molar-refractivity contribution in [2.75, 3.05) is 13.2 Å². The molecule has 0 aromatic heterocycles. The van der Waals surface area contributed by atoms with Gasteiger partial charge >= 0.3 is 18.0 Å². The van der Waals surface area contributed by atoms with Crippen molar-refractivity contribution in [3.05, 3.63) is 12.7 Å². The maximum Gasteiger partial charge on any atom is 0.525 e. The van der Waals surface area contributed by atoms with E-state index in [1.54, 1.807) is 6.92 Å². The number of likely N-dealkylation sites (tertiary alicyclic amines) is 1. The number of aliphatic hydroxyl groups is 1. The van der Waals surface area contributed by atoms with E-state index in [1.165, 1.54) is 13.0 Å². The summed E-state index contributed by atoms with van der Waals surface area (Å²) in [4.78, 5) is 38.5. The summed E-state index contributed by atoms with van der Waals surface area (Å²) in [6.45, 7) is 12.3. The van der Waals surface area contributed by atoms with Crippen molar-refractivity contribution in [2.45, 2.75) is 50.6 Å². The molecule has 0 bridgehead atoms. The molecule has 0 aromatic rings. The summed E-state index contributed by atoms with van der Waals surface area (Å²) in [6.07, 6.45) is -0.466. The van der Waals surface area contributed by atoms with Crippen LogP contribution in [0.15, 0.2) is 12.7 Å². The molecular weight excluding hydrogens is 362 g/mol. The standard InChI is InChI=1S/C16H27NO6SSi/c1-7-9-23-16(21)17(12(19)11(10(3)18)13(17)24)14(25(4,5)6)15(20)22-8-2/h7,10-11,13-14,18H,1,8-9H2,2-6H3/p+1/t10?,11-,13+,14?,17?/m0/s1. The van der Waals surface area contributed by atoms with Crippen LogP contribution >= 0.6 is 12.6 Å². The summed E-state index contributed by atoms with van der Waals surface area (Å²) >= 11 is 4.43. The maximum atomic E-state index is 13.0. The number of quaternary nitrogens is 1. The number of hydrogen-bond donors (Lipinski definition) is 2. The Kier molecular flexibility index (Phi) is 7.02. The third-order valence-electron chi connectivity index (χ3n) is 4.27. The zero-order valence-corrected chi connectivity index (χ0v) is 17.3. The highest BCUT2D eigenvalue weighted by Gasteiger charge is 2.76. The van der Waals surface area contributed by atoms with Crippen LogP contribution in [0.5, 0.6) is 0 Å². The molecule has 1 N–H and O–H groups in total. The van der Waals surface area contributed by atoms with E-state index in [-0.39, 0.29) is 13.2 Å². The van der Waals surface area contributed by atoms with Crippen LogP contribution in [0.3, 0.4) is 0 Å². The van der Waals surface area contributed by atoms with Crippen molar-refractivity contribution in [3.63, 3.8) is 0 Å². The molecule has 5 atom stereocenters. The zero-order chi connectivity index (χ0) is 19.6. The SMILES string of the molecule is C=CCOC(=O)[N+]1(C(C(=O)OCC)[Si](C)(C)C)C(=O)[C@H](C(C)O)[C@H]1S. The number of esters is 1. The molecule has 1 fully saturated rings. The molecule has 25 heavy (non-hydrogen) atoms. The van der Waals surface area contributed by atoms with E-state index in [0.29, 0.717) is 0 Å². The molecule has 0 aliphatic carbocycles. The molecule has 1 heterocycles. The number of hydrogen-bond acceptors (Lipinski definition) is 7. The van der Waals surface area contributed by atoms with Crippen molar-refractivity contribution < 1.29 is 33.4 Å². The van der Waals surface area contributed by atoms with Gasteiger partial charge in [0, 0.05) is 0 Å². The Balaban J connectivity index is 3.49. The van der Waals surface area contributed by atoms with Crippen LogP contribution in [0, 0.1) is 5.92 Å². The Morgan fingerprint density at radius 3 is 2.32 bits per heavy atom. The van der Waals surface area contributed by atoms with E-state index >= 15 is 0 Å². The molecule has 1 rings (SSSR count). The lowest BCUT2D eigenvalue weighted by Crippen LogP contribution is -2.85. The van der Waals surface area contributed by atoms with Crippen molar-refractivity contribution in [1.29, 1.82) is 0 Å². The predicted molar refractivity (Wildman–Crippen MR) is 98.5 cm³/mol. The molecule has 7 nitrogen and oxygen atoms in total. The molecule has 142 valence electrons. The van der Waals surface area contributed by atoms with Crippen molar-refractivity contribution in [2.24, 2.45) is 5.92 Å². The summed E-state index contributed by atoms with van der Waals surface area (Å²) in [5.41, 5.74) is -1.00. The van der Waals surface area contributed by atoms with E-state index in [4.69, 9.17) is 9.47 Å². The topological polar surface area (TPSA) is 89.9 Å². The lowest BCUT2D eigenvalue weighted by Gasteiger charge is -2.54. The van der Waals surface area contributed by atoms with E-state index in [1.807, 2.05) is 19.6 Å². The normalized spacial score (nSPS) is 28.5. The van der Waals surface area contributed by atoms with Gasteiger partial charge in [-0.3, -0.25) is 0 Å². The Bertz CT molecular complexity index is 561. The van der Waals surface area contributed by atoms with Gasteiger partial charge < -0.3 is 14.6 Å². The van der Waals surface area contributed by atoms with Gasteiger partial charge in [-0.25, -0.2) is 9.59 Å². The molecule has 0 saturated carbocycles. The van der Waals surface area contributed by atoms with Gasteiger partial charge in [-0.2, -0.15) is 4.79 Å². The molecule has 0 radical (unpaired) electrons. The molecule has 2 amide bonds. The molecular formula is C16H28NO6SSi+. The van der Waals surface area contributed by atoms with Crippen LogP contribution in [-0.4, -0.2) is 66.0 Å². The van der Waals surface area contributed by atoms with Gasteiger partial charge in [0.2, 0.25) is 0 Å². The highest BCUT2D eigenvalue weighted by molar-refractivity contribution is 7.80. The summed E-state index contributed by atoms with van der Waals surface area (Å²) < 4.78 is 9.44. The van der Waals surface area contributed by atoms with Gasteiger partial charge in [0.25, 0.3) is 0 Å². The monoisotopic (exact) mass is 390 g/mol. The number of amides is 2. The highest BCUT2D eigenvalue weighted by Crippen LogP contribution is 2.46. The minimum Gasteiger partial charge on any atom is -0.462 e. The van der Waals surface area contributed by atoms with E-state index < -0.39 is 53.6 Å². The number of carbonyl (C=O) groups is 3. The van der Waals surface area contributed by atoms with Crippen molar-refractivity contribution in [3.8, 4) is 0 Å². The third-order valence-corrected chi connectivity index (χ3v) is 7.24. The fourth-order valence-corrected chi connectivity index (χ4v) is 6.55. The lowest BCUT2D eigenvalue weighted by atomic mass is 9.89. The number of rotatable bonds is 7. The molecule has 3 unspecified atom stereocenters. The van der Waals surface area contributed by atoms with Gasteiger partial charge in [-0.15, -0.1) is 17.1 Å². The van der Waals surface area contributed by atoms with Gasteiger partial charge in [-0.05, 0) is 13.8 Å². The molecule has 0 spiro atoms. The summed E-state index contributed by atoms with van der Waals surface area (Å²) in [5, 5.41) is 8.99. The predicted octanol–water partition coefficient (Wildman–Crippen LogP) is 1.73. The Labute approximate surface area is 155 Å². The van der Waals surface area contributed by atoms with Crippen LogP contribution in [0.1, 0.15) is 13.8 Å². The Hall–Kier alpha value is -1.16. The quantitative estimate of drug-likeness (QED) is 0.172. The first-order valence-corrected chi connectivity index (χ1v) is 12.3.